The first-order chi connectivity index (χ1) is 16.7. The van der Waals surface area contributed by atoms with Gasteiger partial charge >= 0.3 is 5.97 Å². The van der Waals surface area contributed by atoms with Gasteiger partial charge in [0, 0.05) is 18.0 Å². The van der Waals surface area contributed by atoms with Crippen molar-refractivity contribution in [1.29, 1.82) is 0 Å². The summed E-state index contributed by atoms with van der Waals surface area (Å²) in [6, 6.07) is 21.5. The molecule has 0 bridgehead atoms. The Bertz CT molecular complexity index is 1100. The number of carbonyl (C=O) groups excluding carboxylic acids is 2. The molecular weight excluding hydrogens is 426 g/mol. The topological polar surface area (TPSA) is 64.6 Å². The molecule has 5 heteroatoms. The molecule has 178 valence electrons. The van der Waals surface area contributed by atoms with Crippen LogP contribution in [0.1, 0.15) is 54.9 Å². The van der Waals surface area contributed by atoms with Crippen LogP contribution >= 0.6 is 0 Å². The van der Waals surface area contributed by atoms with Crippen LogP contribution in [0, 0.1) is 5.92 Å². The lowest BCUT2D eigenvalue weighted by atomic mass is 9.85. The Hall–Kier alpha value is -3.34. The van der Waals surface area contributed by atoms with Gasteiger partial charge in [0.05, 0.1) is 6.61 Å². The van der Waals surface area contributed by atoms with Gasteiger partial charge in [0.1, 0.15) is 5.75 Å². The summed E-state index contributed by atoms with van der Waals surface area (Å²) in [5.41, 5.74) is 1.78. The van der Waals surface area contributed by atoms with Crippen LogP contribution in [-0.2, 0) is 16.0 Å². The van der Waals surface area contributed by atoms with Gasteiger partial charge in [0.2, 0.25) is 0 Å². The number of hydrogen-bond acceptors (Lipinski definition) is 4. The van der Waals surface area contributed by atoms with Crippen LogP contribution in [0.3, 0.4) is 0 Å². The van der Waals surface area contributed by atoms with Gasteiger partial charge in [-0.3, -0.25) is 4.79 Å². The Morgan fingerprint density at radius 3 is 2.44 bits per heavy atom. The van der Waals surface area contributed by atoms with Crippen molar-refractivity contribution in [1.82, 2.24) is 5.32 Å². The zero-order valence-corrected chi connectivity index (χ0v) is 19.8. The Kier molecular flexibility index (Phi) is 8.18. The highest BCUT2D eigenvalue weighted by atomic mass is 16.6. The summed E-state index contributed by atoms with van der Waals surface area (Å²) in [5, 5.41) is 5.04. The summed E-state index contributed by atoms with van der Waals surface area (Å²) in [7, 11) is 0. The van der Waals surface area contributed by atoms with Gasteiger partial charge < -0.3 is 14.8 Å². The molecule has 0 aromatic heterocycles. The van der Waals surface area contributed by atoms with Crippen LogP contribution in [-0.4, -0.2) is 31.1 Å². The Morgan fingerprint density at radius 2 is 1.68 bits per heavy atom. The number of ether oxygens (including phenoxy) is 2. The van der Waals surface area contributed by atoms with Gasteiger partial charge in [0.15, 0.2) is 6.10 Å². The second-order valence-electron chi connectivity index (χ2n) is 8.87. The molecule has 5 nitrogen and oxygen atoms in total. The molecule has 1 fully saturated rings. The maximum absolute atomic E-state index is 12.7. The lowest BCUT2D eigenvalue weighted by molar-refractivity contribution is -0.154. The van der Waals surface area contributed by atoms with Gasteiger partial charge in [-0.2, -0.15) is 0 Å². The van der Waals surface area contributed by atoms with Crippen molar-refractivity contribution in [3.05, 3.63) is 77.9 Å². The number of carbonyl (C=O) groups is 2. The van der Waals surface area contributed by atoms with Crippen LogP contribution in [0.2, 0.25) is 0 Å². The molecule has 1 unspecified atom stereocenters. The van der Waals surface area contributed by atoms with E-state index in [0.29, 0.717) is 30.9 Å². The highest BCUT2D eigenvalue weighted by Crippen LogP contribution is 2.30. The van der Waals surface area contributed by atoms with Crippen LogP contribution < -0.4 is 10.1 Å². The van der Waals surface area contributed by atoms with Gasteiger partial charge in [-0.1, -0.05) is 67.8 Å². The molecule has 1 N–H and O–H groups in total. The molecule has 0 aliphatic heterocycles. The van der Waals surface area contributed by atoms with Crippen molar-refractivity contribution in [2.75, 3.05) is 13.2 Å². The van der Waals surface area contributed by atoms with Gasteiger partial charge in [-0.05, 0) is 60.7 Å². The number of esters is 1. The molecule has 0 saturated heterocycles. The largest absolute Gasteiger partial charge is 0.478 e. The molecule has 1 saturated carbocycles. The highest BCUT2D eigenvalue weighted by Gasteiger charge is 2.32. The SMILES string of the molecule is CCOC(=O)C(Oc1ccc(CCNC(=O)c2cccc3ccccc23)cc1)C1CCCCC1. The Morgan fingerprint density at radius 1 is 0.941 bits per heavy atom. The van der Waals surface area contributed by atoms with Crippen molar-refractivity contribution in [2.45, 2.75) is 51.6 Å². The first-order valence-electron chi connectivity index (χ1n) is 12.3. The molecule has 0 radical (unpaired) electrons. The number of amides is 1. The van der Waals surface area contributed by atoms with E-state index in [1.807, 2.05) is 73.7 Å². The Balaban J connectivity index is 1.33. The summed E-state index contributed by atoms with van der Waals surface area (Å²) >= 11 is 0. The third-order valence-corrected chi connectivity index (χ3v) is 6.52. The van der Waals surface area contributed by atoms with Gasteiger partial charge in [0.25, 0.3) is 5.91 Å². The first-order valence-corrected chi connectivity index (χ1v) is 12.3. The van der Waals surface area contributed by atoms with Crippen molar-refractivity contribution in [3.63, 3.8) is 0 Å². The lowest BCUT2D eigenvalue weighted by Crippen LogP contribution is -2.37. The third kappa shape index (κ3) is 5.96. The second kappa shape index (κ2) is 11.7. The maximum Gasteiger partial charge on any atom is 0.347 e. The summed E-state index contributed by atoms with van der Waals surface area (Å²) in [5.74, 6) is 0.542. The second-order valence-corrected chi connectivity index (χ2v) is 8.87. The summed E-state index contributed by atoms with van der Waals surface area (Å²) in [6.07, 6.45) is 5.64. The average Bonchev–Trinajstić information content (AvgIpc) is 2.88. The van der Waals surface area contributed by atoms with Crippen molar-refractivity contribution >= 4 is 22.6 Å². The van der Waals surface area contributed by atoms with E-state index in [4.69, 9.17) is 9.47 Å². The summed E-state index contributed by atoms with van der Waals surface area (Å²) in [4.78, 5) is 25.2. The van der Waals surface area contributed by atoms with Crippen molar-refractivity contribution in [3.8, 4) is 5.75 Å². The van der Waals surface area contributed by atoms with E-state index in [9.17, 15) is 9.59 Å². The summed E-state index contributed by atoms with van der Waals surface area (Å²) < 4.78 is 11.4. The predicted molar refractivity (Wildman–Crippen MR) is 134 cm³/mol. The van der Waals surface area contributed by atoms with E-state index < -0.39 is 6.10 Å². The molecule has 1 amide bonds. The highest BCUT2D eigenvalue weighted by molar-refractivity contribution is 6.06. The molecule has 4 rings (SSSR count). The van der Waals surface area contributed by atoms with Crippen molar-refractivity contribution < 1.29 is 19.1 Å². The smallest absolute Gasteiger partial charge is 0.347 e. The predicted octanol–water partition coefficient (Wildman–Crippen LogP) is 5.70. The molecule has 34 heavy (non-hydrogen) atoms. The molecule has 0 spiro atoms. The third-order valence-electron chi connectivity index (χ3n) is 6.52. The number of fused-ring (bicyclic) bond motifs is 1. The van der Waals surface area contributed by atoms with E-state index in [1.165, 1.54) is 6.42 Å². The van der Waals surface area contributed by atoms with Crippen LogP contribution in [0.25, 0.3) is 10.8 Å². The Labute approximate surface area is 201 Å². The van der Waals surface area contributed by atoms with E-state index in [2.05, 4.69) is 5.32 Å². The molecule has 0 heterocycles. The molecule has 1 aliphatic rings. The number of nitrogens with one attached hydrogen (secondary N) is 1. The average molecular weight is 460 g/mol. The zero-order valence-electron chi connectivity index (χ0n) is 19.8. The van der Waals surface area contributed by atoms with E-state index >= 15 is 0 Å². The molecule has 3 aromatic carbocycles. The van der Waals surface area contributed by atoms with Crippen LogP contribution in [0.15, 0.2) is 66.7 Å². The monoisotopic (exact) mass is 459 g/mol. The van der Waals surface area contributed by atoms with Crippen molar-refractivity contribution in [2.24, 2.45) is 5.92 Å². The molecule has 1 atom stereocenters. The minimum atomic E-state index is -0.550. The quantitative estimate of drug-likeness (QED) is 0.417. The van der Waals surface area contributed by atoms with E-state index in [1.54, 1.807) is 0 Å². The minimum Gasteiger partial charge on any atom is -0.478 e. The number of benzene rings is 3. The molecule has 3 aromatic rings. The maximum atomic E-state index is 12.7. The fourth-order valence-corrected chi connectivity index (χ4v) is 4.72. The fourth-order valence-electron chi connectivity index (χ4n) is 4.72. The van der Waals surface area contributed by atoms with Gasteiger partial charge in [-0.15, -0.1) is 0 Å². The minimum absolute atomic E-state index is 0.0680. The zero-order chi connectivity index (χ0) is 23.8. The molecular formula is C29H33NO4. The van der Waals surface area contributed by atoms with E-state index in [0.717, 1.165) is 42.0 Å². The lowest BCUT2D eigenvalue weighted by Gasteiger charge is -2.29. The standard InChI is InChI=1S/C29H33NO4/c1-2-33-29(32)27(23-10-4-3-5-11-23)34-24-17-15-21(16-18-24)19-20-30-28(31)26-14-8-12-22-9-6-7-13-25(22)26/h6-9,12-18,23,27H,2-5,10-11,19-20H2,1H3,(H,30,31). The van der Waals surface area contributed by atoms with E-state index in [-0.39, 0.29) is 17.8 Å². The summed E-state index contributed by atoms with van der Waals surface area (Å²) in [6.45, 7) is 2.72. The first kappa shape index (κ1) is 23.8. The number of rotatable bonds is 9. The fraction of sp³-hybridized carbons (Fsp3) is 0.379. The van der Waals surface area contributed by atoms with Gasteiger partial charge in [-0.25, -0.2) is 4.79 Å². The molecule has 1 aliphatic carbocycles. The number of hydrogen-bond donors (Lipinski definition) is 1. The van der Waals surface area contributed by atoms with Crippen LogP contribution in [0.5, 0.6) is 5.75 Å². The normalized spacial score (nSPS) is 15.0. The van der Waals surface area contributed by atoms with Crippen LogP contribution in [0.4, 0.5) is 0 Å².